The maximum atomic E-state index is 11.9. The van der Waals surface area contributed by atoms with Crippen molar-refractivity contribution < 1.29 is 53.7 Å². The number of nitrogens with zero attached hydrogens (tertiary/aromatic N) is 1. The number of benzene rings is 4. The van der Waals surface area contributed by atoms with Crippen LogP contribution in [0, 0.1) is 0 Å². The molecule has 1 atom stereocenters. The van der Waals surface area contributed by atoms with Gasteiger partial charge >= 0.3 is 29.6 Å². The summed E-state index contributed by atoms with van der Waals surface area (Å²) >= 11 is 0. The van der Waals surface area contributed by atoms with Crippen molar-refractivity contribution in [3.05, 3.63) is 109 Å². The quantitative estimate of drug-likeness (QED) is 0.326. The first kappa shape index (κ1) is 26.6. The molecule has 0 aromatic heterocycles. The summed E-state index contributed by atoms with van der Waals surface area (Å²) in [7, 11) is 0. The predicted molar refractivity (Wildman–Crippen MR) is 136 cm³/mol. The predicted octanol–water partition coefficient (Wildman–Crippen LogP) is 2.14. The summed E-state index contributed by atoms with van der Waals surface area (Å²) < 4.78 is 17.8. The van der Waals surface area contributed by atoms with Crippen LogP contribution < -0.4 is 53.8 Å². The minimum Gasteiger partial charge on any atom is -0.546 e. The van der Waals surface area contributed by atoms with Crippen LogP contribution >= 0.6 is 0 Å². The molecule has 4 aromatic rings. The number of carboxylic acid groups (broad SMARTS) is 1. The van der Waals surface area contributed by atoms with Crippen molar-refractivity contribution in [3.63, 3.8) is 0 Å². The number of carbonyl (C=O) groups is 1. The zero-order valence-corrected chi connectivity index (χ0v) is 22.9. The molecule has 0 fully saturated rings. The molecule has 7 heteroatoms. The van der Waals surface area contributed by atoms with E-state index in [1.165, 1.54) is 6.92 Å². The number of carboxylic acids is 1. The van der Waals surface area contributed by atoms with Gasteiger partial charge in [0.25, 0.3) is 0 Å². The Morgan fingerprint density at radius 3 is 1.97 bits per heavy atom. The van der Waals surface area contributed by atoms with E-state index < -0.39 is 11.6 Å². The van der Waals surface area contributed by atoms with Crippen LogP contribution in [-0.4, -0.2) is 24.7 Å². The van der Waals surface area contributed by atoms with Crippen LogP contribution in [0.5, 0.6) is 23.0 Å². The van der Waals surface area contributed by atoms with Gasteiger partial charge in [-0.25, -0.2) is 0 Å². The fourth-order valence-corrected chi connectivity index (χ4v) is 4.27. The molecule has 4 aromatic carbocycles. The summed E-state index contributed by atoms with van der Waals surface area (Å²) in [6, 6.07) is 32.2. The number of carbonyl (C=O) groups excluding carboxylic acids is 1. The number of hydrogen-bond donors (Lipinski definition) is 0. The zero-order valence-electron chi connectivity index (χ0n) is 20.9. The van der Waals surface area contributed by atoms with Crippen molar-refractivity contribution in [2.75, 3.05) is 18.1 Å². The molecular formula is C30H26NNaO5. The number of ether oxygens (including phenoxy) is 3. The van der Waals surface area contributed by atoms with Gasteiger partial charge in [-0.05, 0) is 61.0 Å². The van der Waals surface area contributed by atoms with Crippen molar-refractivity contribution in [1.82, 2.24) is 0 Å². The van der Waals surface area contributed by atoms with Gasteiger partial charge in [0.2, 0.25) is 0 Å². The minimum atomic E-state index is -1.50. The first-order valence-electron chi connectivity index (χ1n) is 11.8. The number of rotatable bonds is 9. The van der Waals surface area contributed by atoms with E-state index in [4.69, 9.17) is 14.2 Å². The summed E-state index contributed by atoms with van der Waals surface area (Å²) in [5.41, 5.74) is 1.30. The summed E-state index contributed by atoms with van der Waals surface area (Å²) in [5, 5.41) is 11.9. The fourth-order valence-electron chi connectivity index (χ4n) is 4.27. The second-order valence-electron chi connectivity index (χ2n) is 8.79. The van der Waals surface area contributed by atoms with E-state index in [2.05, 4.69) is 4.90 Å². The van der Waals surface area contributed by atoms with E-state index in [9.17, 15) is 9.90 Å². The van der Waals surface area contributed by atoms with Crippen LogP contribution in [0.1, 0.15) is 12.5 Å². The maximum Gasteiger partial charge on any atom is 1.00 e. The van der Waals surface area contributed by atoms with Gasteiger partial charge in [0.1, 0.15) is 23.7 Å². The average Bonchev–Trinajstić information content (AvgIpc) is 2.89. The molecular weight excluding hydrogens is 477 g/mol. The summed E-state index contributed by atoms with van der Waals surface area (Å²) in [4.78, 5) is 14.1. The second-order valence-corrected chi connectivity index (χ2v) is 8.79. The van der Waals surface area contributed by atoms with Crippen molar-refractivity contribution >= 4 is 17.3 Å². The smallest absolute Gasteiger partial charge is 0.546 e. The molecule has 6 nitrogen and oxygen atoms in total. The fraction of sp³-hybridized carbons (Fsp3) is 0.167. The van der Waals surface area contributed by atoms with E-state index >= 15 is 0 Å². The molecule has 5 rings (SSSR count). The molecule has 0 saturated heterocycles. The largest absolute Gasteiger partial charge is 1.00 e. The van der Waals surface area contributed by atoms with E-state index in [0.29, 0.717) is 24.7 Å². The molecule has 0 N–H and O–H groups in total. The normalized spacial score (nSPS) is 13.2. The molecule has 1 aliphatic heterocycles. The topological polar surface area (TPSA) is 71.1 Å². The molecule has 182 valence electrons. The Labute approximate surface area is 238 Å². The van der Waals surface area contributed by atoms with E-state index in [1.54, 1.807) is 24.3 Å². The van der Waals surface area contributed by atoms with Gasteiger partial charge in [0.15, 0.2) is 11.5 Å². The molecule has 37 heavy (non-hydrogen) atoms. The summed E-state index contributed by atoms with van der Waals surface area (Å²) in [6.07, 6.45) is 0.159. The number of hydrogen-bond acceptors (Lipinski definition) is 6. The maximum absolute atomic E-state index is 11.9. The Balaban J connectivity index is 0.00000320. The third kappa shape index (κ3) is 6.10. The SMILES string of the molecule is CC(Cc1ccc(OCCN2c3ccccc3Oc3ccccc32)cc1)(Oc1ccccc1)C(=O)[O-].[Na+]. The summed E-state index contributed by atoms with van der Waals surface area (Å²) in [6.45, 7) is 2.61. The molecule has 1 unspecified atom stereocenters. The third-order valence-electron chi connectivity index (χ3n) is 6.10. The van der Waals surface area contributed by atoms with Gasteiger partial charge in [0, 0.05) is 6.42 Å². The van der Waals surface area contributed by atoms with Crippen molar-refractivity contribution in [2.24, 2.45) is 0 Å². The molecule has 0 bridgehead atoms. The Hall–Kier alpha value is -3.45. The first-order valence-corrected chi connectivity index (χ1v) is 11.8. The Bertz CT molecular complexity index is 1300. The Kier molecular flexibility index (Phi) is 8.44. The molecule has 0 aliphatic carbocycles. The zero-order chi connectivity index (χ0) is 25.0. The monoisotopic (exact) mass is 503 g/mol. The van der Waals surface area contributed by atoms with Crippen LogP contribution in [-0.2, 0) is 11.2 Å². The molecule has 0 spiro atoms. The van der Waals surface area contributed by atoms with E-state index in [1.807, 2.05) is 78.9 Å². The first-order chi connectivity index (χ1) is 17.5. The van der Waals surface area contributed by atoms with Crippen molar-refractivity contribution in [3.8, 4) is 23.0 Å². The van der Waals surface area contributed by atoms with Gasteiger partial charge in [-0.15, -0.1) is 0 Å². The van der Waals surface area contributed by atoms with Gasteiger partial charge in [-0.3, -0.25) is 0 Å². The van der Waals surface area contributed by atoms with Gasteiger partial charge in [-0.2, -0.15) is 0 Å². The van der Waals surface area contributed by atoms with Gasteiger partial charge in [0.05, 0.1) is 23.9 Å². The van der Waals surface area contributed by atoms with Crippen LogP contribution in [0.2, 0.25) is 0 Å². The summed E-state index contributed by atoms with van der Waals surface area (Å²) in [5.74, 6) is 1.55. The third-order valence-corrected chi connectivity index (χ3v) is 6.10. The standard InChI is InChI=1S/C30H27NO5.Na/c1-30(29(32)33,36-24-9-3-2-4-10-24)21-22-15-17-23(18-16-22)34-20-19-31-25-11-5-7-13-27(25)35-28-14-8-6-12-26(28)31;/h2-18H,19-21H2,1H3,(H,32,33);/q;+1/p-1. The number of fused-ring (bicyclic) bond motifs is 2. The van der Waals surface area contributed by atoms with Crippen LogP contribution in [0.25, 0.3) is 0 Å². The second kappa shape index (κ2) is 11.7. The molecule has 0 radical (unpaired) electrons. The molecule has 1 aliphatic rings. The van der Waals surface area contributed by atoms with Crippen LogP contribution in [0.15, 0.2) is 103 Å². The number of aliphatic carboxylic acids is 1. The van der Waals surface area contributed by atoms with Crippen LogP contribution in [0.4, 0.5) is 11.4 Å². The van der Waals surface area contributed by atoms with Crippen molar-refractivity contribution in [1.29, 1.82) is 0 Å². The Morgan fingerprint density at radius 1 is 0.811 bits per heavy atom. The molecule has 0 amide bonds. The van der Waals surface area contributed by atoms with Gasteiger partial charge < -0.3 is 29.0 Å². The average molecular weight is 504 g/mol. The van der Waals surface area contributed by atoms with Crippen LogP contribution in [0.3, 0.4) is 0 Å². The van der Waals surface area contributed by atoms with Crippen molar-refractivity contribution in [2.45, 2.75) is 18.9 Å². The number of para-hydroxylation sites is 5. The Morgan fingerprint density at radius 2 is 1.38 bits per heavy atom. The molecule has 1 heterocycles. The number of anilines is 2. The van der Waals surface area contributed by atoms with Gasteiger partial charge in [-0.1, -0.05) is 54.6 Å². The molecule has 0 saturated carbocycles. The minimum absolute atomic E-state index is 0. The van der Waals surface area contributed by atoms with E-state index in [0.717, 1.165) is 28.4 Å². The van der Waals surface area contributed by atoms with E-state index in [-0.39, 0.29) is 36.0 Å².